The largest absolute Gasteiger partial charge is 0.497 e. The summed E-state index contributed by atoms with van der Waals surface area (Å²) < 4.78 is 37.1. The number of hydrogen-bond donors (Lipinski definition) is 1. The molecule has 186 valence electrons. The van der Waals surface area contributed by atoms with Crippen molar-refractivity contribution in [2.24, 2.45) is 0 Å². The van der Waals surface area contributed by atoms with Crippen molar-refractivity contribution < 1.29 is 22.7 Å². The molecule has 1 amide bonds. The number of carbonyl (C=O) groups is 1. The van der Waals surface area contributed by atoms with Gasteiger partial charge in [-0.3, -0.25) is 9.69 Å². The van der Waals surface area contributed by atoms with Crippen LogP contribution in [-0.4, -0.2) is 95.0 Å². The predicted molar refractivity (Wildman–Crippen MR) is 129 cm³/mol. The van der Waals surface area contributed by atoms with Crippen molar-refractivity contribution in [2.75, 3.05) is 59.6 Å². The minimum atomic E-state index is -3.50. The van der Waals surface area contributed by atoms with Gasteiger partial charge in [-0.1, -0.05) is 0 Å². The zero-order chi connectivity index (χ0) is 24.0. The molecule has 0 aliphatic carbocycles. The molecule has 0 spiro atoms. The number of piperidine rings is 1. The molecule has 0 saturated carbocycles. The molecule has 1 aromatic rings. The van der Waals surface area contributed by atoms with E-state index < -0.39 is 15.1 Å². The van der Waals surface area contributed by atoms with E-state index in [0.717, 1.165) is 39.3 Å². The Bertz CT molecular complexity index is 884. The van der Waals surface area contributed by atoms with Crippen LogP contribution in [0.15, 0.2) is 17.0 Å². The van der Waals surface area contributed by atoms with Gasteiger partial charge >= 0.3 is 0 Å². The van der Waals surface area contributed by atoms with Crippen LogP contribution in [0.1, 0.15) is 37.3 Å². The quantitative estimate of drug-likeness (QED) is 0.538. The number of amides is 1. The first-order chi connectivity index (χ1) is 15.7. The van der Waals surface area contributed by atoms with E-state index in [1.54, 1.807) is 40.0 Å². The van der Waals surface area contributed by atoms with E-state index in [0.29, 0.717) is 34.2 Å². The molecule has 2 aliphatic rings. The number of hydrogen-bond acceptors (Lipinski definition) is 7. The van der Waals surface area contributed by atoms with Crippen molar-refractivity contribution in [2.45, 2.75) is 56.2 Å². The maximum atomic E-state index is 13.1. The minimum absolute atomic E-state index is 0.000702. The lowest BCUT2D eigenvalue weighted by molar-refractivity contribution is -0.138. The highest BCUT2D eigenvalue weighted by molar-refractivity contribution is 7.92. The third-order valence-corrected chi connectivity index (χ3v) is 9.38. The molecular formula is C24H39N3O5S. The second kappa shape index (κ2) is 11.6. The number of nitrogens with one attached hydrogen (secondary N) is 1. The van der Waals surface area contributed by atoms with Gasteiger partial charge in [0, 0.05) is 38.8 Å². The molecule has 9 heteroatoms. The number of aryl methyl sites for hydroxylation is 2. The van der Waals surface area contributed by atoms with Crippen molar-refractivity contribution >= 4 is 15.7 Å². The van der Waals surface area contributed by atoms with E-state index in [4.69, 9.17) is 9.47 Å². The fourth-order valence-electron chi connectivity index (χ4n) is 4.84. The van der Waals surface area contributed by atoms with Crippen LogP contribution in [0.2, 0.25) is 0 Å². The lowest BCUT2D eigenvalue weighted by atomic mass is 10.0. The molecule has 2 fully saturated rings. The standard InChI is InChI=1S/C24H39N3O5S/c1-18-15-22(31-4)16-19(2)24(18)33(29,30)20(3)7-14-32-17-23(28)27-12-10-26(11-13-27)21-5-8-25-9-6-21/h15-16,20-21,25H,5-14,17H2,1-4H3. The average molecular weight is 482 g/mol. The summed E-state index contributed by atoms with van der Waals surface area (Å²) in [5, 5.41) is 2.79. The normalized spacial score (nSPS) is 19.5. The second-order valence-electron chi connectivity index (χ2n) is 9.19. The summed E-state index contributed by atoms with van der Waals surface area (Å²) in [5.41, 5.74) is 1.36. The fraction of sp³-hybridized carbons (Fsp3) is 0.708. The zero-order valence-electron chi connectivity index (χ0n) is 20.4. The molecule has 1 N–H and O–H groups in total. The van der Waals surface area contributed by atoms with Crippen LogP contribution in [0.4, 0.5) is 0 Å². The molecule has 8 nitrogen and oxygen atoms in total. The van der Waals surface area contributed by atoms with Crippen LogP contribution in [0.5, 0.6) is 5.75 Å². The van der Waals surface area contributed by atoms with Gasteiger partial charge in [-0.25, -0.2) is 8.42 Å². The molecule has 1 atom stereocenters. The van der Waals surface area contributed by atoms with E-state index in [2.05, 4.69) is 10.2 Å². The zero-order valence-corrected chi connectivity index (χ0v) is 21.2. The molecule has 1 unspecified atom stereocenters. The number of ether oxygens (including phenoxy) is 2. The number of rotatable bonds is 9. The van der Waals surface area contributed by atoms with E-state index in [1.165, 1.54) is 12.8 Å². The van der Waals surface area contributed by atoms with Crippen molar-refractivity contribution in [3.8, 4) is 5.75 Å². The van der Waals surface area contributed by atoms with Crippen LogP contribution in [0.25, 0.3) is 0 Å². The number of sulfone groups is 1. The molecule has 1 aromatic carbocycles. The molecular weight excluding hydrogens is 442 g/mol. The lowest BCUT2D eigenvalue weighted by Crippen LogP contribution is -2.54. The number of benzene rings is 1. The van der Waals surface area contributed by atoms with Gasteiger partial charge in [0.15, 0.2) is 9.84 Å². The third-order valence-electron chi connectivity index (χ3n) is 6.87. The van der Waals surface area contributed by atoms with Crippen LogP contribution in [0, 0.1) is 13.8 Å². The smallest absolute Gasteiger partial charge is 0.248 e. The Balaban J connectivity index is 1.43. The number of piperazine rings is 1. The topological polar surface area (TPSA) is 88.2 Å². The number of methoxy groups -OCH3 is 1. The Kier molecular flexibility index (Phi) is 9.15. The van der Waals surface area contributed by atoms with Crippen molar-refractivity contribution in [3.05, 3.63) is 23.3 Å². The highest BCUT2D eigenvalue weighted by Gasteiger charge is 2.29. The molecule has 3 rings (SSSR count). The van der Waals surface area contributed by atoms with Gasteiger partial charge in [0.2, 0.25) is 5.91 Å². The Morgan fingerprint density at radius 2 is 1.73 bits per heavy atom. The summed E-state index contributed by atoms with van der Waals surface area (Å²) in [6, 6.07) is 4.11. The molecule has 2 heterocycles. The molecule has 2 saturated heterocycles. The third kappa shape index (κ3) is 6.47. The highest BCUT2D eigenvalue weighted by atomic mass is 32.2. The number of carbonyl (C=O) groups excluding carboxylic acids is 1. The van der Waals surface area contributed by atoms with Crippen LogP contribution in [0.3, 0.4) is 0 Å². The van der Waals surface area contributed by atoms with Crippen molar-refractivity contribution in [1.29, 1.82) is 0 Å². The van der Waals surface area contributed by atoms with Gasteiger partial charge < -0.3 is 19.7 Å². The Hall–Kier alpha value is -1.68. The van der Waals surface area contributed by atoms with Gasteiger partial charge in [0.25, 0.3) is 0 Å². The minimum Gasteiger partial charge on any atom is -0.497 e. The van der Waals surface area contributed by atoms with Gasteiger partial charge in [0.1, 0.15) is 12.4 Å². The van der Waals surface area contributed by atoms with E-state index in [1.807, 2.05) is 4.90 Å². The Labute approximate surface area is 198 Å². The summed E-state index contributed by atoms with van der Waals surface area (Å²) >= 11 is 0. The summed E-state index contributed by atoms with van der Waals surface area (Å²) in [6.07, 6.45) is 2.69. The SMILES string of the molecule is COc1cc(C)c(S(=O)(=O)C(C)CCOCC(=O)N2CCN(C3CCNCC3)CC2)c(C)c1. The average Bonchev–Trinajstić information content (AvgIpc) is 2.81. The first-order valence-electron chi connectivity index (χ1n) is 11.9. The molecule has 33 heavy (non-hydrogen) atoms. The Morgan fingerprint density at radius 1 is 1.12 bits per heavy atom. The van der Waals surface area contributed by atoms with Gasteiger partial charge in [-0.15, -0.1) is 0 Å². The van der Waals surface area contributed by atoms with Crippen molar-refractivity contribution in [3.63, 3.8) is 0 Å². The molecule has 2 aliphatic heterocycles. The fourth-order valence-corrected chi connectivity index (χ4v) is 6.67. The monoisotopic (exact) mass is 481 g/mol. The molecule has 0 bridgehead atoms. The summed E-state index contributed by atoms with van der Waals surface area (Å²) in [6.45, 7) is 10.9. The maximum Gasteiger partial charge on any atom is 0.248 e. The second-order valence-corrected chi connectivity index (χ2v) is 11.5. The highest BCUT2D eigenvalue weighted by Crippen LogP contribution is 2.29. The summed E-state index contributed by atoms with van der Waals surface area (Å²) in [4.78, 5) is 17.3. The first kappa shape index (κ1) is 25.9. The lowest BCUT2D eigenvalue weighted by Gasteiger charge is -2.40. The van der Waals surface area contributed by atoms with Crippen LogP contribution < -0.4 is 10.1 Å². The summed E-state index contributed by atoms with van der Waals surface area (Å²) in [5.74, 6) is 0.632. The van der Waals surface area contributed by atoms with Crippen LogP contribution in [-0.2, 0) is 19.4 Å². The summed E-state index contributed by atoms with van der Waals surface area (Å²) in [7, 11) is -1.94. The number of nitrogens with zero attached hydrogens (tertiary/aromatic N) is 2. The maximum absolute atomic E-state index is 13.1. The van der Waals surface area contributed by atoms with Gasteiger partial charge in [-0.2, -0.15) is 0 Å². The predicted octanol–water partition coefficient (Wildman–Crippen LogP) is 1.78. The van der Waals surface area contributed by atoms with Gasteiger partial charge in [-0.05, 0) is 76.4 Å². The molecule has 0 radical (unpaired) electrons. The Morgan fingerprint density at radius 3 is 2.30 bits per heavy atom. The first-order valence-corrected chi connectivity index (χ1v) is 13.5. The van der Waals surface area contributed by atoms with Gasteiger partial charge in [0.05, 0.1) is 17.3 Å². The van der Waals surface area contributed by atoms with Crippen LogP contribution >= 0.6 is 0 Å². The van der Waals surface area contributed by atoms with Crippen molar-refractivity contribution in [1.82, 2.24) is 15.1 Å². The van der Waals surface area contributed by atoms with E-state index >= 15 is 0 Å². The molecule has 0 aromatic heterocycles. The van der Waals surface area contributed by atoms with E-state index in [-0.39, 0.29) is 19.1 Å². The van der Waals surface area contributed by atoms with E-state index in [9.17, 15) is 13.2 Å².